The van der Waals surface area contributed by atoms with E-state index in [0.29, 0.717) is 5.92 Å². The minimum atomic E-state index is 0.314. The fourth-order valence-corrected chi connectivity index (χ4v) is 3.16. The predicted molar refractivity (Wildman–Crippen MR) is 78.1 cm³/mol. The third-order valence-electron chi connectivity index (χ3n) is 3.63. The minimum absolute atomic E-state index is 0.314. The first-order chi connectivity index (χ1) is 9.28. The zero-order chi connectivity index (χ0) is 13.2. The SMILES string of the molecule is CCc1nc(Br)cc(C2CCCc3cccnc32)n1. The van der Waals surface area contributed by atoms with Gasteiger partial charge in [-0.05, 0) is 52.9 Å². The van der Waals surface area contributed by atoms with Gasteiger partial charge in [0.2, 0.25) is 0 Å². The smallest absolute Gasteiger partial charge is 0.129 e. The maximum atomic E-state index is 4.69. The van der Waals surface area contributed by atoms with Crippen LogP contribution in [0.5, 0.6) is 0 Å². The summed E-state index contributed by atoms with van der Waals surface area (Å²) in [6, 6.07) is 6.24. The lowest BCUT2D eigenvalue weighted by atomic mass is 9.84. The van der Waals surface area contributed by atoms with Crippen molar-refractivity contribution in [1.29, 1.82) is 0 Å². The van der Waals surface area contributed by atoms with Gasteiger partial charge in [-0.1, -0.05) is 13.0 Å². The summed E-state index contributed by atoms with van der Waals surface area (Å²) >= 11 is 3.49. The molecule has 2 aromatic heterocycles. The Kier molecular flexibility index (Phi) is 3.60. The van der Waals surface area contributed by atoms with Crippen molar-refractivity contribution in [3.05, 3.63) is 51.8 Å². The van der Waals surface area contributed by atoms with Crippen LogP contribution in [0.3, 0.4) is 0 Å². The van der Waals surface area contributed by atoms with Crippen molar-refractivity contribution in [3.8, 4) is 0 Å². The molecular weight excluding hydrogens is 302 g/mol. The fraction of sp³-hybridized carbons (Fsp3) is 0.400. The molecule has 3 rings (SSSR count). The number of hydrogen-bond acceptors (Lipinski definition) is 3. The van der Waals surface area contributed by atoms with Crippen molar-refractivity contribution < 1.29 is 0 Å². The number of pyridine rings is 1. The Hall–Kier alpha value is -1.29. The molecule has 3 nitrogen and oxygen atoms in total. The Bertz CT molecular complexity index is 598. The largest absolute Gasteiger partial charge is 0.260 e. The second kappa shape index (κ2) is 5.37. The van der Waals surface area contributed by atoms with E-state index in [1.54, 1.807) is 0 Å². The lowest BCUT2D eigenvalue weighted by molar-refractivity contribution is 0.583. The summed E-state index contributed by atoms with van der Waals surface area (Å²) in [7, 11) is 0. The molecule has 0 spiro atoms. The molecule has 0 aromatic carbocycles. The molecule has 0 saturated heterocycles. The van der Waals surface area contributed by atoms with Gasteiger partial charge >= 0.3 is 0 Å². The number of aryl methyl sites for hydroxylation is 2. The number of fused-ring (bicyclic) bond motifs is 1. The van der Waals surface area contributed by atoms with Gasteiger partial charge < -0.3 is 0 Å². The van der Waals surface area contributed by atoms with Gasteiger partial charge in [0, 0.05) is 18.5 Å². The summed E-state index contributed by atoms with van der Waals surface area (Å²) in [5, 5.41) is 0. The number of nitrogens with zero attached hydrogens (tertiary/aromatic N) is 3. The lowest BCUT2D eigenvalue weighted by Crippen LogP contribution is -2.15. The summed E-state index contributed by atoms with van der Waals surface area (Å²) in [5.74, 6) is 1.21. The Morgan fingerprint density at radius 1 is 1.37 bits per heavy atom. The zero-order valence-electron chi connectivity index (χ0n) is 10.9. The number of hydrogen-bond donors (Lipinski definition) is 0. The van der Waals surface area contributed by atoms with Crippen LogP contribution in [0.25, 0.3) is 0 Å². The second-order valence-electron chi connectivity index (χ2n) is 4.88. The summed E-state index contributed by atoms with van der Waals surface area (Å²) < 4.78 is 0.873. The van der Waals surface area contributed by atoms with Gasteiger partial charge in [-0.3, -0.25) is 4.98 Å². The number of aromatic nitrogens is 3. The van der Waals surface area contributed by atoms with Crippen LogP contribution in [-0.2, 0) is 12.8 Å². The highest BCUT2D eigenvalue weighted by Crippen LogP contribution is 2.34. The van der Waals surface area contributed by atoms with Crippen molar-refractivity contribution in [2.24, 2.45) is 0 Å². The zero-order valence-corrected chi connectivity index (χ0v) is 12.5. The third-order valence-corrected chi connectivity index (χ3v) is 4.04. The van der Waals surface area contributed by atoms with E-state index < -0.39 is 0 Å². The van der Waals surface area contributed by atoms with Crippen LogP contribution in [0.2, 0.25) is 0 Å². The highest BCUT2D eigenvalue weighted by molar-refractivity contribution is 9.10. The van der Waals surface area contributed by atoms with Crippen LogP contribution in [0.1, 0.15) is 48.5 Å². The third kappa shape index (κ3) is 2.54. The van der Waals surface area contributed by atoms with Crippen molar-refractivity contribution in [1.82, 2.24) is 15.0 Å². The van der Waals surface area contributed by atoms with Gasteiger partial charge in [-0.25, -0.2) is 9.97 Å². The molecule has 2 heterocycles. The second-order valence-corrected chi connectivity index (χ2v) is 5.69. The fourth-order valence-electron chi connectivity index (χ4n) is 2.72. The molecule has 0 bridgehead atoms. The Labute approximate surface area is 121 Å². The Balaban J connectivity index is 2.06. The van der Waals surface area contributed by atoms with Crippen LogP contribution in [0, 0.1) is 0 Å². The van der Waals surface area contributed by atoms with Gasteiger partial charge in [-0.2, -0.15) is 0 Å². The van der Waals surface area contributed by atoms with Crippen molar-refractivity contribution >= 4 is 15.9 Å². The van der Waals surface area contributed by atoms with Crippen molar-refractivity contribution in [3.63, 3.8) is 0 Å². The lowest BCUT2D eigenvalue weighted by Gasteiger charge is -2.24. The molecule has 19 heavy (non-hydrogen) atoms. The van der Waals surface area contributed by atoms with Gasteiger partial charge in [-0.15, -0.1) is 0 Å². The van der Waals surface area contributed by atoms with E-state index in [4.69, 9.17) is 4.98 Å². The summed E-state index contributed by atoms with van der Waals surface area (Å²) in [5.41, 5.74) is 3.66. The first-order valence-electron chi connectivity index (χ1n) is 6.75. The molecule has 1 unspecified atom stereocenters. The van der Waals surface area contributed by atoms with Gasteiger partial charge in [0.05, 0.1) is 11.4 Å². The van der Waals surface area contributed by atoms with Crippen molar-refractivity contribution in [2.75, 3.05) is 0 Å². The van der Waals surface area contributed by atoms with E-state index in [0.717, 1.165) is 35.4 Å². The molecule has 0 fully saturated rings. The molecule has 0 N–H and O–H groups in total. The van der Waals surface area contributed by atoms with Crippen LogP contribution < -0.4 is 0 Å². The molecule has 4 heteroatoms. The standard InChI is InChI=1S/C15H16BrN3/c1-2-14-18-12(9-13(16)19-14)11-7-3-5-10-6-4-8-17-15(10)11/h4,6,8-9,11H,2-3,5,7H2,1H3. The van der Waals surface area contributed by atoms with Gasteiger partial charge in [0.15, 0.2) is 0 Å². The van der Waals surface area contributed by atoms with Crippen LogP contribution in [0.4, 0.5) is 0 Å². The molecular formula is C15H16BrN3. The maximum absolute atomic E-state index is 4.69. The van der Waals surface area contributed by atoms with Crippen LogP contribution in [0.15, 0.2) is 29.0 Å². The summed E-state index contributed by atoms with van der Waals surface area (Å²) in [6.07, 6.45) is 6.19. The Morgan fingerprint density at radius 3 is 3.11 bits per heavy atom. The first-order valence-corrected chi connectivity index (χ1v) is 7.54. The predicted octanol–water partition coefficient (Wildman–Crippen LogP) is 3.66. The van der Waals surface area contributed by atoms with E-state index in [9.17, 15) is 0 Å². The van der Waals surface area contributed by atoms with E-state index in [1.807, 2.05) is 18.3 Å². The normalized spacial score (nSPS) is 18.1. The monoisotopic (exact) mass is 317 g/mol. The molecule has 1 atom stereocenters. The highest BCUT2D eigenvalue weighted by atomic mass is 79.9. The number of halogens is 1. The van der Waals surface area contributed by atoms with Crippen molar-refractivity contribution in [2.45, 2.75) is 38.5 Å². The number of rotatable bonds is 2. The average Bonchev–Trinajstić information content (AvgIpc) is 2.46. The first kappa shape index (κ1) is 12.7. The molecule has 1 aliphatic rings. The summed E-state index contributed by atoms with van der Waals surface area (Å²) in [4.78, 5) is 13.7. The minimum Gasteiger partial charge on any atom is -0.260 e. The van der Waals surface area contributed by atoms with Crippen LogP contribution in [-0.4, -0.2) is 15.0 Å². The van der Waals surface area contributed by atoms with E-state index in [1.165, 1.54) is 17.7 Å². The quantitative estimate of drug-likeness (QED) is 0.793. The van der Waals surface area contributed by atoms with E-state index in [2.05, 4.69) is 38.9 Å². The highest BCUT2D eigenvalue weighted by Gasteiger charge is 2.24. The maximum Gasteiger partial charge on any atom is 0.129 e. The molecule has 98 valence electrons. The molecule has 2 aromatic rings. The van der Waals surface area contributed by atoms with E-state index >= 15 is 0 Å². The average molecular weight is 318 g/mol. The topological polar surface area (TPSA) is 38.7 Å². The summed E-state index contributed by atoms with van der Waals surface area (Å²) in [6.45, 7) is 2.08. The van der Waals surface area contributed by atoms with Crippen LogP contribution >= 0.6 is 15.9 Å². The molecule has 0 radical (unpaired) electrons. The molecule has 1 aliphatic carbocycles. The molecule has 0 saturated carbocycles. The Morgan fingerprint density at radius 2 is 2.26 bits per heavy atom. The molecule has 0 aliphatic heterocycles. The van der Waals surface area contributed by atoms with Gasteiger partial charge in [0.1, 0.15) is 10.4 Å². The van der Waals surface area contributed by atoms with E-state index in [-0.39, 0.29) is 0 Å². The molecule has 0 amide bonds. The van der Waals surface area contributed by atoms with Gasteiger partial charge in [0.25, 0.3) is 0 Å².